The van der Waals surface area contributed by atoms with Gasteiger partial charge in [-0.2, -0.15) is 0 Å². The number of benzene rings is 2. The van der Waals surface area contributed by atoms with Gasteiger partial charge < -0.3 is 14.4 Å². The number of rotatable bonds is 4. The van der Waals surface area contributed by atoms with Crippen molar-refractivity contribution in [3.05, 3.63) is 59.8 Å². The molecule has 1 aromatic heterocycles. The van der Waals surface area contributed by atoms with Crippen molar-refractivity contribution in [2.45, 2.75) is 33.4 Å². The van der Waals surface area contributed by atoms with E-state index >= 15 is 0 Å². The molecule has 0 radical (unpaired) electrons. The second-order valence-corrected chi connectivity index (χ2v) is 5.96. The minimum Gasteiger partial charge on any atom is -0.508 e. The quantitative estimate of drug-likeness (QED) is 0.749. The third-order valence-electron chi connectivity index (χ3n) is 3.86. The van der Waals surface area contributed by atoms with Gasteiger partial charge in [0.15, 0.2) is 0 Å². The van der Waals surface area contributed by atoms with Crippen molar-refractivity contribution in [3.63, 3.8) is 0 Å². The van der Waals surface area contributed by atoms with E-state index in [-0.39, 0.29) is 5.75 Å². The Hall–Kier alpha value is -2.42. The van der Waals surface area contributed by atoms with Crippen molar-refractivity contribution < 1.29 is 9.84 Å². The number of fused-ring (bicyclic) bond motifs is 1. The molecule has 3 nitrogen and oxygen atoms in total. The summed E-state index contributed by atoms with van der Waals surface area (Å²) in [5.74, 6) is 1.01. The molecule has 3 heteroatoms. The number of hydrogen-bond donors (Lipinski definition) is 1. The number of ether oxygens (including phenoxy) is 1. The average molecular weight is 295 g/mol. The Kier molecular flexibility index (Phi) is 3.80. The molecule has 0 saturated heterocycles. The van der Waals surface area contributed by atoms with E-state index in [4.69, 9.17) is 4.74 Å². The fourth-order valence-electron chi connectivity index (χ4n) is 2.68. The predicted octanol–water partition coefficient (Wildman–Crippen LogP) is 4.82. The molecule has 0 bridgehead atoms. The summed E-state index contributed by atoms with van der Waals surface area (Å²) in [6.07, 6.45) is 2.18. The number of nitrogens with zero attached hydrogens (tertiary/aromatic N) is 1. The highest BCUT2D eigenvalue weighted by Crippen LogP contribution is 2.27. The van der Waals surface area contributed by atoms with Crippen molar-refractivity contribution in [3.8, 4) is 11.5 Å². The molecule has 22 heavy (non-hydrogen) atoms. The smallest absolute Gasteiger partial charge is 0.120 e. The first-order valence-corrected chi connectivity index (χ1v) is 7.56. The van der Waals surface area contributed by atoms with Crippen molar-refractivity contribution in [2.24, 2.45) is 0 Å². The second-order valence-electron chi connectivity index (χ2n) is 5.96. The molecule has 2 aromatic carbocycles. The first kappa shape index (κ1) is 14.5. The van der Waals surface area contributed by atoms with Crippen LogP contribution in [0, 0.1) is 6.92 Å². The number of aromatic nitrogens is 1. The fourth-order valence-corrected chi connectivity index (χ4v) is 2.68. The molecule has 0 amide bonds. The first-order chi connectivity index (χ1) is 10.5. The highest BCUT2D eigenvalue weighted by molar-refractivity contribution is 5.84. The van der Waals surface area contributed by atoms with Gasteiger partial charge in [0.25, 0.3) is 0 Å². The lowest BCUT2D eigenvalue weighted by Gasteiger charge is -2.08. The minimum absolute atomic E-state index is 0.249. The van der Waals surface area contributed by atoms with Crippen LogP contribution in [-0.4, -0.2) is 9.67 Å². The van der Waals surface area contributed by atoms with E-state index in [9.17, 15) is 5.11 Å². The standard InChI is InChI=1S/C19H21NO2/c1-13(2)20-11-15(18-10-14(3)4-9-19(18)20)12-22-17-7-5-16(21)6-8-17/h4-11,13,21H,12H2,1-3H3. The number of aromatic hydroxyl groups is 1. The van der Waals surface area contributed by atoms with E-state index in [1.807, 2.05) is 0 Å². The minimum atomic E-state index is 0.249. The maximum atomic E-state index is 9.32. The number of aryl methyl sites for hydroxylation is 1. The summed E-state index contributed by atoms with van der Waals surface area (Å²) >= 11 is 0. The first-order valence-electron chi connectivity index (χ1n) is 7.56. The summed E-state index contributed by atoms with van der Waals surface area (Å²) in [6.45, 7) is 7.00. The number of phenols is 1. The van der Waals surface area contributed by atoms with Gasteiger partial charge in [-0.15, -0.1) is 0 Å². The Morgan fingerprint density at radius 2 is 1.82 bits per heavy atom. The molecule has 114 valence electrons. The predicted molar refractivity (Wildman–Crippen MR) is 89.5 cm³/mol. The molecular formula is C19H21NO2. The lowest BCUT2D eigenvalue weighted by molar-refractivity contribution is 0.306. The van der Waals surface area contributed by atoms with Gasteiger partial charge in [-0.3, -0.25) is 0 Å². The van der Waals surface area contributed by atoms with Gasteiger partial charge in [0.05, 0.1) is 0 Å². The third-order valence-corrected chi connectivity index (χ3v) is 3.86. The van der Waals surface area contributed by atoms with E-state index in [0.717, 1.165) is 5.75 Å². The number of hydrogen-bond acceptors (Lipinski definition) is 2. The zero-order valence-corrected chi connectivity index (χ0v) is 13.2. The molecule has 0 aliphatic rings. The summed E-state index contributed by atoms with van der Waals surface area (Å²) in [7, 11) is 0. The van der Waals surface area contributed by atoms with Gasteiger partial charge in [0.1, 0.15) is 18.1 Å². The Bertz CT molecular complexity index is 785. The summed E-state index contributed by atoms with van der Waals surface area (Å²) in [6, 6.07) is 13.8. The number of phenolic OH excluding ortho intramolecular Hbond substituents is 1. The monoisotopic (exact) mass is 295 g/mol. The molecule has 1 N–H and O–H groups in total. The van der Waals surface area contributed by atoms with Crippen LogP contribution in [0.25, 0.3) is 10.9 Å². The van der Waals surface area contributed by atoms with E-state index in [1.54, 1.807) is 24.3 Å². The topological polar surface area (TPSA) is 34.4 Å². The normalized spacial score (nSPS) is 11.3. The Labute approximate surface area is 130 Å². The largest absolute Gasteiger partial charge is 0.508 e. The van der Waals surface area contributed by atoms with Crippen molar-refractivity contribution in [1.82, 2.24) is 4.57 Å². The maximum Gasteiger partial charge on any atom is 0.120 e. The van der Waals surface area contributed by atoms with Gasteiger partial charge in [-0.1, -0.05) is 11.6 Å². The maximum absolute atomic E-state index is 9.32. The van der Waals surface area contributed by atoms with Crippen LogP contribution in [0.4, 0.5) is 0 Å². The lowest BCUT2D eigenvalue weighted by Crippen LogP contribution is -1.98. The highest BCUT2D eigenvalue weighted by Gasteiger charge is 2.11. The molecule has 0 aliphatic carbocycles. The molecular weight excluding hydrogens is 274 g/mol. The van der Waals surface area contributed by atoms with E-state index in [0.29, 0.717) is 12.6 Å². The molecule has 0 saturated carbocycles. The molecule has 0 atom stereocenters. The molecule has 3 aromatic rings. The fraction of sp³-hybridized carbons (Fsp3) is 0.263. The van der Waals surface area contributed by atoms with Gasteiger partial charge >= 0.3 is 0 Å². The van der Waals surface area contributed by atoms with Crippen LogP contribution in [-0.2, 0) is 6.61 Å². The molecule has 0 unspecified atom stereocenters. The van der Waals surface area contributed by atoms with E-state index < -0.39 is 0 Å². The second kappa shape index (κ2) is 5.76. The van der Waals surface area contributed by atoms with Gasteiger partial charge in [-0.25, -0.2) is 0 Å². The molecule has 3 rings (SSSR count). The summed E-state index contributed by atoms with van der Waals surface area (Å²) in [5, 5.41) is 10.6. The van der Waals surface area contributed by atoms with E-state index in [2.05, 4.69) is 49.7 Å². The molecule has 0 spiro atoms. The summed E-state index contributed by atoms with van der Waals surface area (Å²) in [4.78, 5) is 0. The van der Waals surface area contributed by atoms with Crippen LogP contribution >= 0.6 is 0 Å². The van der Waals surface area contributed by atoms with Gasteiger partial charge in [-0.05, 0) is 57.2 Å². The Morgan fingerprint density at radius 3 is 2.50 bits per heavy atom. The highest BCUT2D eigenvalue weighted by atomic mass is 16.5. The Morgan fingerprint density at radius 1 is 1.09 bits per heavy atom. The van der Waals surface area contributed by atoms with Crippen LogP contribution in [0.2, 0.25) is 0 Å². The summed E-state index contributed by atoms with van der Waals surface area (Å²) in [5.41, 5.74) is 3.67. The van der Waals surface area contributed by atoms with Crippen LogP contribution in [0.5, 0.6) is 11.5 Å². The lowest BCUT2D eigenvalue weighted by atomic mass is 10.1. The van der Waals surface area contributed by atoms with Crippen LogP contribution < -0.4 is 4.74 Å². The van der Waals surface area contributed by atoms with Crippen molar-refractivity contribution in [1.29, 1.82) is 0 Å². The molecule has 0 aliphatic heterocycles. The molecule has 0 fully saturated rings. The van der Waals surface area contributed by atoms with Gasteiger partial charge in [0.2, 0.25) is 0 Å². The average Bonchev–Trinajstić information content (AvgIpc) is 2.85. The Balaban J connectivity index is 1.92. The van der Waals surface area contributed by atoms with E-state index in [1.165, 1.54) is 22.0 Å². The van der Waals surface area contributed by atoms with Crippen molar-refractivity contribution in [2.75, 3.05) is 0 Å². The van der Waals surface area contributed by atoms with Gasteiger partial charge in [0, 0.05) is 28.7 Å². The van der Waals surface area contributed by atoms with Crippen LogP contribution in [0.15, 0.2) is 48.7 Å². The van der Waals surface area contributed by atoms with Crippen LogP contribution in [0.1, 0.15) is 31.0 Å². The zero-order chi connectivity index (χ0) is 15.7. The molecule has 1 heterocycles. The zero-order valence-electron chi connectivity index (χ0n) is 13.2. The SMILES string of the molecule is Cc1ccc2c(c1)c(COc1ccc(O)cc1)cn2C(C)C. The van der Waals surface area contributed by atoms with Crippen LogP contribution in [0.3, 0.4) is 0 Å². The van der Waals surface area contributed by atoms with Crippen molar-refractivity contribution >= 4 is 10.9 Å². The summed E-state index contributed by atoms with van der Waals surface area (Å²) < 4.78 is 8.15. The third kappa shape index (κ3) is 2.80.